The maximum absolute atomic E-state index is 10.3. The first-order valence-electron chi connectivity index (χ1n) is 2.92. The Hall–Kier alpha value is -1.39. The lowest BCUT2D eigenvalue weighted by atomic mass is 10.1. The number of carboxylic acids is 2. The van der Waals surface area contributed by atoms with E-state index < -0.39 is 30.1 Å². The molecular weight excluding hydrogens is 152 g/mol. The van der Waals surface area contributed by atoms with Crippen molar-refractivity contribution in [3.8, 4) is 0 Å². The molecule has 0 saturated carbocycles. The standard InChI is InChI=1S/C6H8O5/c1-3(5(8)9)2-4(7)6(10)11/h3H,2H2,1H3,(H,8,9)(H,10,11)/p-1. The number of Topliss-reactive ketones (excluding diaryl/α,β-unsaturated/α-hetero) is 1. The largest absolute Gasteiger partial charge is 0.542 e. The van der Waals surface area contributed by atoms with Gasteiger partial charge in [0.05, 0.1) is 5.92 Å². The molecule has 0 aliphatic rings. The second kappa shape index (κ2) is 3.70. The number of carbonyl (C=O) groups is 3. The maximum Gasteiger partial charge on any atom is 0.306 e. The lowest BCUT2D eigenvalue weighted by Gasteiger charge is -2.04. The molecule has 0 rings (SSSR count). The quantitative estimate of drug-likeness (QED) is 0.499. The first kappa shape index (κ1) is 9.61. The Morgan fingerprint density at radius 3 is 2.18 bits per heavy atom. The Balaban J connectivity index is 3.95. The summed E-state index contributed by atoms with van der Waals surface area (Å²) in [5.41, 5.74) is 0. The van der Waals surface area contributed by atoms with E-state index in [2.05, 4.69) is 0 Å². The topological polar surface area (TPSA) is 94.5 Å². The van der Waals surface area contributed by atoms with Gasteiger partial charge in [-0.25, -0.2) is 0 Å². The Morgan fingerprint density at radius 2 is 1.91 bits per heavy atom. The van der Waals surface area contributed by atoms with E-state index in [0.29, 0.717) is 0 Å². The number of hydrogen-bond acceptors (Lipinski definition) is 4. The average Bonchev–Trinajstić information content (AvgIpc) is 1.87. The maximum atomic E-state index is 10.3. The van der Waals surface area contributed by atoms with E-state index >= 15 is 0 Å². The minimum Gasteiger partial charge on any atom is -0.542 e. The summed E-state index contributed by atoms with van der Waals surface area (Å²) in [6, 6.07) is 0. The molecule has 11 heavy (non-hydrogen) atoms. The van der Waals surface area contributed by atoms with Crippen molar-refractivity contribution in [1.82, 2.24) is 0 Å². The molecule has 0 heterocycles. The molecular formula is C6H7O5-. The number of carbonyl (C=O) groups excluding carboxylic acids is 2. The van der Waals surface area contributed by atoms with Crippen LogP contribution in [0.2, 0.25) is 0 Å². The van der Waals surface area contributed by atoms with Gasteiger partial charge >= 0.3 is 5.97 Å². The van der Waals surface area contributed by atoms with Crippen LogP contribution in [0.3, 0.4) is 0 Å². The third-order valence-corrected chi connectivity index (χ3v) is 1.14. The first-order valence-corrected chi connectivity index (χ1v) is 2.92. The fraction of sp³-hybridized carbons (Fsp3) is 0.500. The second-order valence-corrected chi connectivity index (χ2v) is 2.15. The third-order valence-electron chi connectivity index (χ3n) is 1.14. The van der Waals surface area contributed by atoms with Gasteiger partial charge in [0.25, 0.3) is 0 Å². The molecule has 0 bridgehead atoms. The summed E-state index contributed by atoms with van der Waals surface area (Å²) >= 11 is 0. The van der Waals surface area contributed by atoms with Crippen molar-refractivity contribution in [3.05, 3.63) is 0 Å². The van der Waals surface area contributed by atoms with Crippen molar-refractivity contribution < 1.29 is 24.6 Å². The van der Waals surface area contributed by atoms with Gasteiger partial charge in [-0.3, -0.25) is 9.59 Å². The van der Waals surface area contributed by atoms with Gasteiger partial charge in [0.1, 0.15) is 5.97 Å². The molecule has 0 aromatic rings. The van der Waals surface area contributed by atoms with Crippen LogP contribution in [-0.2, 0) is 14.4 Å². The summed E-state index contributed by atoms with van der Waals surface area (Å²) in [6.45, 7) is 1.25. The summed E-state index contributed by atoms with van der Waals surface area (Å²) in [7, 11) is 0. The molecule has 0 aromatic carbocycles. The Labute approximate surface area is 62.6 Å². The van der Waals surface area contributed by atoms with E-state index in [1.54, 1.807) is 0 Å². The fourth-order valence-electron chi connectivity index (χ4n) is 0.449. The van der Waals surface area contributed by atoms with Crippen LogP contribution in [0.1, 0.15) is 13.3 Å². The molecule has 0 spiro atoms. The van der Waals surface area contributed by atoms with Crippen LogP contribution < -0.4 is 5.11 Å². The number of hydrogen-bond donors (Lipinski definition) is 1. The van der Waals surface area contributed by atoms with Gasteiger partial charge in [0, 0.05) is 6.42 Å². The van der Waals surface area contributed by atoms with Gasteiger partial charge in [-0.05, 0) is 0 Å². The van der Waals surface area contributed by atoms with Gasteiger partial charge in [-0.2, -0.15) is 0 Å². The number of rotatable bonds is 4. The molecule has 1 atom stereocenters. The van der Waals surface area contributed by atoms with Crippen molar-refractivity contribution in [3.63, 3.8) is 0 Å². The lowest BCUT2D eigenvalue weighted by Crippen LogP contribution is -2.33. The zero-order chi connectivity index (χ0) is 9.02. The fourth-order valence-corrected chi connectivity index (χ4v) is 0.449. The third kappa shape index (κ3) is 3.34. The Kier molecular flexibility index (Phi) is 3.23. The minimum atomic E-state index is -1.84. The van der Waals surface area contributed by atoms with Crippen molar-refractivity contribution in [2.24, 2.45) is 5.92 Å². The van der Waals surface area contributed by atoms with Crippen LogP contribution in [-0.4, -0.2) is 22.8 Å². The normalized spacial score (nSPS) is 12.1. The predicted molar refractivity (Wildman–Crippen MR) is 31.4 cm³/mol. The minimum absolute atomic E-state index is 0.516. The molecule has 1 N–H and O–H groups in total. The van der Waals surface area contributed by atoms with Gasteiger partial charge in [0.15, 0.2) is 5.78 Å². The van der Waals surface area contributed by atoms with Gasteiger partial charge in [0.2, 0.25) is 0 Å². The molecule has 0 aliphatic heterocycles. The van der Waals surface area contributed by atoms with Crippen molar-refractivity contribution in [1.29, 1.82) is 0 Å². The smallest absolute Gasteiger partial charge is 0.306 e. The van der Waals surface area contributed by atoms with Crippen LogP contribution in [0.15, 0.2) is 0 Å². The Morgan fingerprint density at radius 1 is 1.45 bits per heavy atom. The molecule has 1 unspecified atom stereocenters. The SMILES string of the molecule is CC(CC(=O)C(=O)[O-])C(=O)O. The van der Waals surface area contributed by atoms with E-state index in [9.17, 15) is 19.5 Å². The lowest BCUT2D eigenvalue weighted by molar-refractivity contribution is -0.300. The van der Waals surface area contributed by atoms with Crippen LogP contribution >= 0.6 is 0 Å². The van der Waals surface area contributed by atoms with E-state index in [0.717, 1.165) is 0 Å². The van der Waals surface area contributed by atoms with E-state index in [1.807, 2.05) is 0 Å². The van der Waals surface area contributed by atoms with Crippen LogP contribution in [0.4, 0.5) is 0 Å². The number of carboxylic acid groups (broad SMARTS) is 2. The number of ketones is 1. The predicted octanol–water partition coefficient (Wildman–Crippen LogP) is -1.58. The summed E-state index contributed by atoms with van der Waals surface area (Å²) in [6.07, 6.45) is -0.516. The highest BCUT2D eigenvalue weighted by molar-refractivity contribution is 6.31. The van der Waals surface area contributed by atoms with Crippen LogP contribution in [0, 0.1) is 5.92 Å². The summed E-state index contributed by atoms with van der Waals surface area (Å²) < 4.78 is 0. The van der Waals surface area contributed by atoms with Crippen molar-refractivity contribution >= 4 is 17.7 Å². The van der Waals surface area contributed by atoms with Gasteiger partial charge in [-0.1, -0.05) is 6.92 Å². The molecule has 0 radical (unpaired) electrons. The zero-order valence-electron chi connectivity index (χ0n) is 5.86. The monoisotopic (exact) mass is 159 g/mol. The van der Waals surface area contributed by atoms with E-state index in [-0.39, 0.29) is 0 Å². The molecule has 5 heteroatoms. The van der Waals surface area contributed by atoms with Crippen molar-refractivity contribution in [2.75, 3.05) is 0 Å². The highest BCUT2D eigenvalue weighted by atomic mass is 16.4. The molecule has 0 aromatic heterocycles. The van der Waals surface area contributed by atoms with E-state index in [1.165, 1.54) is 6.92 Å². The highest BCUT2D eigenvalue weighted by Gasteiger charge is 2.15. The van der Waals surface area contributed by atoms with E-state index in [4.69, 9.17) is 5.11 Å². The highest BCUT2D eigenvalue weighted by Crippen LogP contribution is 2.01. The first-order chi connectivity index (χ1) is 4.95. The summed E-state index contributed by atoms with van der Waals surface area (Å²) in [4.78, 5) is 30.2. The van der Waals surface area contributed by atoms with Crippen LogP contribution in [0.5, 0.6) is 0 Å². The van der Waals surface area contributed by atoms with Gasteiger partial charge < -0.3 is 15.0 Å². The summed E-state index contributed by atoms with van der Waals surface area (Å²) in [5.74, 6) is -5.18. The van der Waals surface area contributed by atoms with Crippen molar-refractivity contribution in [2.45, 2.75) is 13.3 Å². The molecule has 0 saturated heterocycles. The molecule has 0 amide bonds. The second-order valence-electron chi connectivity index (χ2n) is 2.15. The average molecular weight is 159 g/mol. The summed E-state index contributed by atoms with van der Waals surface area (Å²) in [5, 5.41) is 18.1. The Bertz CT molecular complexity index is 195. The molecule has 0 aliphatic carbocycles. The van der Waals surface area contributed by atoms with Crippen LogP contribution in [0.25, 0.3) is 0 Å². The van der Waals surface area contributed by atoms with Gasteiger partial charge in [-0.15, -0.1) is 0 Å². The number of aliphatic carboxylic acids is 2. The molecule has 5 nitrogen and oxygen atoms in total. The zero-order valence-corrected chi connectivity index (χ0v) is 5.86. The molecule has 62 valence electrons. The molecule has 0 fully saturated rings.